The molecule has 0 aromatic heterocycles. The highest BCUT2D eigenvalue weighted by Crippen LogP contribution is 2.59. The van der Waals surface area contributed by atoms with Crippen molar-refractivity contribution in [3.63, 3.8) is 0 Å². The molecule has 2 N–H and O–H groups in total. The third-order valence-electron chi connectivity index (χ3n) is 7.17. The van der Waals surface area contributed by atoms with Crippen molar-refractivity contribution in [3.05, 3.63) is 54.1 Å². The normalized spacial score (nSPS) is 27.7. The van der Waals surface area contributed by atoms with Gasteiger partial charge in [0.1, 0.15) is 0 Å². The molecular weight excluding hydrogens is 521 g/mol. The van der Waals surface area contributed by atoms with E-state index in [1.807, 2.05) is 0 Å². The minimum Gasteiger partial charge on any atom is -0.452 e. The number of hydrogen-bond donors (Lipinski definition) is 2. The first-order valence-electron chi connectivity index (χ1n) is 11.8. The van der Waals surface area contributed by atoms with Gasteiger partial charge in [0.25, 0.3) is 5.91 Å². The van der Waals surface area contributed by atoms with Crippen molar-refractivity contribution >= 4 is 69.9 Å². The Morgan fingerprint density at radius 3 is 1.89 bits per heavy atom. The number of rotatable bonds is 6. The molecular formula is C26H23Cl2N3O6. The standard InChI is InChI=1S/C26H23Cl2N3O6/c1-12(32)29-14-4-6-15(7-5-14)30-19(33)11-37-26(36)13-2-8-16(9-3-13)31-24(34)20-17-10-18(21(20)25(31)35)23(28)22(17)27/h2-9,17-18,20-23H,10-11H2,1H3,(H,29,32)(H,30,33)/t17-,18-,20-,21-,22+,23+/m1/s1. The smallest absolute Gasteiger partial charge is 0.338 e. The van der Waals surface area contributed by atoms with Crippen molar-refractivity contribution in [3.8, 4) is 0 Å². The van der Waals surface area contributed by atoms with Gasteiger partial charge in [-0.15, -0.1) is 23.2 Å². The molecule has 2 saturated carbocycles. The predicted molar refractivity (Wildman–Crippen MR) is 136 cm³/mol. The summed E-state index contributed by atoms with van der Waals surface area (Å²) in [5.41, 5.74) is 1.58. The van der Waals surface area contributed by atoms with Gasteiger partial charge in [-0.25, -0.2) is 4.79 Å². The minimum atomic E-state index is -0.730. The number of carbonyl (C=O) groups is 5. The number of fused-ring (bicyclic) bond motifs is 5. The van der Waals surface area contributed by atoms with E-state index in [2.05, 4.69) is 10.6 Å². The molecule has 2 aromatic carbocycles. The Labute approximate surface area is 222 Å². The van der Waals surface area contributed by atoms with Crippen LogP contribution in [-0.4, -0.2) is 47.0 Å². The molecule has 3 aliphatic rings. The number of anilines is 3. The van der Waals surface area contributed by atoms with Gasteiger partial charge in [-0.3, -0.25) is 24.1 Å². The van der Waals surface area contributed by atoms with E-state index in [4.69, 9.17) is 27.9 Å². The van der Waals surface area contributed by atoms with Gasteiger partial charge in [0.15, 0.2) is 6.61 Å². The monoisotopic (exact) mass is 543 g/mol. The number of hydrogen-bond acceptors (Lipinski definition) is 6. The number of amides is 4. The third kappa shape index (κ3) is 4.57. The molecule has 192 valence electrons. The second-order valence-electron chi connectivity index (χ2n) is 9.45. The number of nitrogens with one attached hydrogen (secondary N) is 2. The highest BCUT2D eigenvalue weighted by molar-refractivity contribution is 6.32. The van der Waals surface area contributed by atoms with E-state index in [9.17, 15) is 24.0 Å². The second kappa shape index (κ2) is 9.79. The molecule has 2 aromatic rings. The first kappa shape index (κ1) is 25.2. The summed E-state index contributed by atoms with van der Waals surface area (Å²) in [6.07, 6.45) is 0.684. The highest BCUT2D eigenvalue weighted by Gasteiger charge is 2.66. The van der Waals surface area contributed by atoms with Crippen LogP contribution >= 0.6 is 23.2 Å². The number of esters is 1. The maximum atomic E-state index is 13.1. The number of benzene rings is 2. The summed E-state index contributed by atoms with van der Waals surface area (Å²) in [7, 11) is 0. The van der Waals surface area contributed by atoms with E-state index in [1.54, 1.807) is 24.3 Å². The average Bonchev–Trinajstić information content (AvgIpc) is 3.48. The number of carbonyl (C=O) groups excluding carboxylic acids is 5. The van der Waals surface area contributed by atoms with E-state index in [-0.39, 0.29) is 45.9 Å². The van der Waals surface area contributed by atoms with Crippen LogP contribution in [0.15, 0.2) is 48.5 Å². The van der Waals surface area contributed by atoms with Gasteiger partial charge < -0.3 is 15.4 Å². The van der Waals surface area contributed by atoms with Crippen LogP contribution in [0.5, 0.6) is 0 Å². The van der Waals surface area contributed by atoms with E-state index in [0.717, 1.165) is 4.90 Å². The van der Waals surface area contributed by atoms with E-state index >= 15 is 0 Å². The molecule has 5 rings (SSSR count). The SMILES string of the molecule is CC(=O)Nc1ccc(NC(=O)COC(=O)c2ccc(N3C(=O)[C@@H]4[C@H]5C[C@@H]([C@H](Cl)[C@H]5Cl)[C@H]4C3=O)cc2)cc1. The fraction of sp³-hybridized carbons (Fsp3) is 0.346. The van der Waals surface area contributed by atoms with Crippen LogP contribution < -0.4 is 15.5 Å². The maximum absolute atomic E-state index is 13.1. The summed E-state index contributed by atoms with van der Waals surface area (Å²) in [5, 5.41) is 4.55. The summed E-state index contributed by atoms with van der Waals surface area (Å²) >= 11 is 12.8. The van der Waals surface area contributed by atoms with Crippen LogP contribution in [0, 0.1) is 23.7 Å². The zero-order valence-corrected chi connectivity index (χ0v) is 21.2. The van der Waals surface area contributed by atoms with Gasteiger partial charge >= 0.3 is 5.97 Å². The Bertz CT molecular complexity index is 1250. The Kier molecular flexibility index (Phi) is 6.68. The molecule has 0 spiro atoms. The molecule has 1 heterocycles. The maximum Gasteiger partial charge on any atom is 0.338 e. The Balaban J connectivity index is 1.17. The minimum absolute atomic E-state index is 0.115. The summed E-state index contributed by atoms with van der Waals surface area (Å²) in [6, 6.07) is 12.3. The zero-order chi connectivity index (χ0) is 26.4. The van der Waals surface area contributed by atoms with Crippen LogP contribution in [-0.2, 0) is 23.9 Å². The fourth-order valence-corrected chi connectivity index (χ4v) is 6.49. The fourth-order valence-electron chi connectivity index (χ4n) is 5.60. The van der Waals surface area contributed by atoms with E-state index in [0.29, 0.717) is 23.5 Å². The van der Waals surface area contributed by atoms with Crippen LogP contribution in [0.1, 0.15) is 23.7 Å². The van der Waals surface area contributed by atoms with Gasteiger partial charge in [0.05, 0.1) is 33.8 Å². The predicted octanol–water partition coefficient (Wildman–Crippen LogP) is 3.41. The molecule has 1 saturated heterocycles. The highest BCUT2D eigenvalue weighted by atomic mass is 35.5. The van der Waals surface area contributed by atoms with Crippen molar-refractivity contribution in [2.24, 2.45) is 23.7 Å². The lowest BCUT2D eigenvalue weighted by Crippen LogP contribution is -2.37. The lowest BCUT2D eigenvalue weighted by Gasteiger charge is -2.28. The lowest BCUT2D eigenvalue weighted by molar-refractivity contribution is -0.123. The quantitative estimate of drug-likeness (QED) is 0.327. The number of alkyl halides is 2. The van der Waals surface area contributed by atoms with Crippen molar-refractivity contribution in [2.75, 3.05) is 22.1 Å². The Morgan fingerprint density at radius 2 is 1.38 bits per heavy atom. The second-order valence-corrected chi connectivity index (χ2v) is 10.5. The lowest BCUT2D eigenvalue weighted by atomic mass is 9.80. The molecule has 6 atom stereocenters. The van der Waals surface area contributed by atoms with E-state index in [1.165, 1.54) is 31.2 Å². The van der Waals surface area contributed by atoms with Crippen molar-refractivity contribution in [2.45, 2.75) is 24.1 Å². The average molecular weight is 544 g/mol. The Hall–Kier alpha value is -3.43. The van der Waals surface area contributed by atoms with E-state index < -0.39 is 30.3 Å². The van der Waals surface area contributed by atoms with Crippen LogP contribution in [0.25, 0.3) is 0 Å². The summed E-state index contributed by atoms with van der Waals surface area (Å²) in [4.78, 5) is 63.0. The van der Waals surface area contributed by atoms with Crippen LogP contribution in [0.2, 0.25) is 0 Å². The third-order valence-corrected chi connectivity index (χ3v) is 8.49. The molecule has 9 nitrogen and oxygen atoms in total. The Morgan fingerprint density at radius 1 is 0.865 bits per heavy atom. The van der Waals surface area contributed by atoms with Gasteiger partial charge in [-0.05, 0) is 66.8 Å². The molecule has 11 heteroatoms. The topological polar surface area (TPSA) is 122 Å². The summed E-state index contributed by atoms with van der Waals surface area (Å²) < 4.78 is 5.08. The molecule has 37 heavy (non-hydrogen) atoms. The molecule has 0 radical (unpaired) electrons. The zero-order valence-electron chi connectivity index (χ0n) is 19.6. The number of nitrogens with zero attached hydrogens (tertiary/aromatic N) is 1. The van der Waals surface area contributed by atoms with Crippen molar-refractivity contribution in [1.82, 2.24) is 0 Å². The van der Waals surface area contributed by atoms with Gasteiger partial charge in [-0.2, -0.15) is 0 Å². The summed E-state index contributed by atoms with van der Waals surface area (Å²) in [6.45, 7) is 0.880. The molecule has 1 aliphatic heterocycles. The van der Waals surface area contributed by atoms with Crippen molar-refractivity contribution < 1.29 is 28.7 Å². The van der Waals surface area contributed by atoms with Gasteiger partial charge in [-0.1, -0.05) is 0 Å². The first-order chi connectivity index (χ1) is 17.7. The number of ether oxygens (including phenoxy) is 1. The molecule has 2 bridgehead atoms. The van der Waals surface area contributed by atoms with Crippen LogP contribution in [0.4, 0.5) is 17.1 Å². The molecule has 2 aliphatic carbocycles. The number of halogens is 2. The molecule has 3 fully saturated rings. The van der Waals surface area contributed by atoms with Gasteiger partial charge in [0, 0.05) is 18.3 Å². The van der Waals surface area contributed by atoms with Crippen molar-refractivity contribution in [1.29, 1.82) is 0 Å². The molecule has 4 amide bonds. The van der Waals surface area contributed by atoms with Gasteiger partial charge in [0.2, 0.25) is 17.7 Å². The number of imide groups is 1. The largest absolute Gasteiger partial charge is 0.452 e. The molecule has 0 unspecified atom stereocenters. The first-order valence-corrected chi connectivity index (χ1v) is 12.6. The van der Waals surface area contributed by atoms with Crippen LogP contribution in [0.3, 0.4) is 0 Å². The summed E-state index contributed by atoms with van der Waals surface area (Å²) in [5.74, 6) is -3.19.